The average molecular weight is 238 g/mol. The molecule has 3 unspecified atom stereocenters. The predicted octanol–water partition coefficient (Wildman–Crippen LogP) is 6.06. The highest BCUT2D eigenvalue weighted by Crippen LogP contribution is 2.46. The molecule has 0 aromatic rings. The van der Waals surface area contributed by atoms with Crippen molar-refractivity contribution >= 4 is 0 Å². The summed E-state index contributed by atoms with van der Waals surface area (Å²) in [6.45, 7) is 9.42. The van der Waals surface area contributed by atoms with Gasteiger partial charge in [0.1, 0.15) is 0 Å². The van der Waals surface area contributed by atoms with E-state index < -0.39 is 0 Å². The van der Waals surface area contributed by atoms with Crippen LogP contribution < -0.4 is 0 Å². The van der Waals surface area contributed by atoms with E-state index >= 15 is 0 Å². The molecule has 0 heteroatoms. The van der Waals surface area contributed by atoms with Gasteiger partial charge < -0.3 is 0 Å². The third-order valence-corrected chi connectivity index (χ3v) is 4.58. The summed E-state index contributed by atoms with van der Waals surface area (Å²) in [5.41, 5.74) is 0. The Morgan fingerprint density at radius 3 is 2.29 bits per heavy atom. The first-order valence-corrected chi connectivity index (χ1v) is 8.13. The fourth-order valence-corrected chi connectivity index (χ4v) is 2.95. The van der Waals surface area contributed by atoms with Crippen molar-refractivity contribution < 1.29 is 0 Å². The molecule has 0 nitrogen and oxygen atoms in total. The maximum Gasteiger partial charge on any atom is -0.0380 e. The Hall–Kier alpha value is 0. The molecule has 1 aliphatic rings. The molecule has 1 aliphatic carbocycles. The molecule has 0 aromatic carbocycles. The van der Waals surface area contributed by atoms with E-state index in [2.05, 4.69) is 27.7 Å². The largest absolute Gasteiger partial charge is 0.0651 e. The smallest absolute Gasteiger partial charge is 0.0380 e. The Morgan fingerprint density at radius 2 is 1.65 bits per heavy atom. The van der Waals surface area contributed by atoms with E-state index in [1.54, 1.807) is 6.42 Å². The Kier molecular flexibility index (Phi) is 7.23. The average Bonchev–Trinajstić information content (AvgIpc) is 3.01. The molecule has 0 aliphatic heterocycles. The highest BCUT2D eigenvalue weighted by atomic mass is 14.4. The van der Waals surface area contributed by atoms with E-state index in [4.69, 9.17) is 0 Å². The lowest BCUT2D eigenvalue weighted by Crippen LogP contribution is -1.95. The SMILES string of the molecule is CCC(C)CC1CC1CCCCCCC(C)C. The van der Waals surface area contributed by atoms with Gasteiger partial charge in [0.05, 0.1) is 0 Å². The predicted molar refractivity (Wildman–Crippen MR) is 78.2 cm³/mol. The molecular formula is C17H34. The fraction of sp³-hybridized carbons (Fsp3) is 1.00. The second-order valence-corrected chi connectivity index (χ2v) is 6.89. The van der Waals surface area contributed by atoms with Crippen molar-refractivity contribution in [2.45, 2.75) is 85.5 Å². The first-order chi connectivity index (χ1) is 8.13. The van der Waals surface area contributed by atoms with Crippen LogP contribution in [0.1, 0.15) is 85.5 Å². The molecule has 0 spiro atoms. The molecule has 1 fully saturated rings. The van der Waals surface area contributed by atoms with E-state index in [9.17, 15) is 0 Å². The minimum atomic E-state index is 0.901. The quantitative estimate of drug-likeness (QED) is 0.406. The highest BCUT2D eigenvalue weighted by Gasteiger charge is 2.36. The second-order valence-electron chi connectivity index (χ2n) is 6.89. The van der Waals surface area contributed by atoms with Gasteiger partial charge >= 0.3 is 0 Å². The van der Waals surface area contributed by atoms with Crippen LogP contribution in [0.25, 0.3) is 0 Å². The normalized spacial score (nSPS) is 25.2. The van der Waals surface area contributed by atoms with Crippen LogP contribution in [0.2, 0.25) is 0 Å². The van der Waals surface area contributed by atoms with Gasteiger partial charge in [-0.05, 0) is 36.5 Å². The van der Waals surface area contributed by atoms with Crippen LogP contribution >= 0.6 is 0 Å². The van der Waals surface area contributed by atoms with Crippen LogP contribution in [0.5, 0.6) is 0 Å². The van der Waals surface area contributed by atoms with Gasteiger partial charge in [0.2, 0.25) is 0 Å². The molecule has 17 heavy (non-hydrogen) atoms. The summed E-state index contributed by atoms with van der Waals surface area (Å²) in [4.78, 5) is 0. The summed E-state index contributed by atoms with van der Waals surface area (Å²) in [5, 5.41) is 0. The van der Waals surface area contributed by atoms with E-state index in [0.717, 1.165) is 23.7 Å². The molecule has 1 saturated carbocycles. The third-order valence-electron chi connectivity index (χ3n) is 4.58. The minimum Gasteiger partial charge on any atom is -0.0651 e. The molecule has 0 bridgehead atoms. The van der Waals surface area contributed by atoms with Crippen molar-refractivity contribution in [3.8, 4) is 0 Å². The third kappa shape index (κ3) is 7.11. The Balaban J connectivity index is 1.85. The van der Waals surface area contributed by atoms with Gasteiger partial charge in [0.25, 0.3) is 0 Å². The molecule has 1 rings (SSSR count). The zero-order valence-corrected chi connectivity index (χ0v) is 12.7. The fourth-order valence-electron chi connectivity index (χ4n) is 2.95. The van der Waals surface area contributed by atoms with Gasteiger partial charge in [-0.2, -0.15) is 0 Å². The van der Waals surface area contributed by atoms with Gasteiger partial charge in [-0.1, -0.05) is 72.6 Å². The first-order valence-electron chi connectivity index (χ1n) is 8.13. The van der Waals surface area contributed by atoms with Gasteiger partial charge in [0.15, 0.2) is 0 Å². The lowest BCUT2D eigenvalue weighted by molar-refractivity contribution is 0.448. The van der Waals surface area contributed by atoms with E-state index in [0.29, 0.717) is 0 Å². The van der Waals surface area contributed by atoms with Gasteiger partial charge in [-0.15, -0.1) is 0 Å². The summed E-state index contributed by atoms with van der Waals surface area (Å²) in [7, 11) is 0. The van der Waals surface area contributed by atoms with E-state index in [1.165, 1.54) is 51.4 Å². The zero-order valence-electron chi connectivity index (χ0n) is 12.7. The van der Waals surface area contributed by atoms with E-state index in [1.807, 2.05) is 0 Å². The first kappa shape index (κ1) is 15.1. The molecule has 0 amide bonds. The molecular weight excluding hydrogens is 204 g/mol. The van der Waals surface area contributed by atoms with Crippen molar-refractivity contribution in [3.05, 3.63) is 0 Å². The second kappa shape index (κ2) is 8.16. The monoisotopic (exact) mass is 238 g/mol. The minimum absolute atomic E-state index is 0.901. The van der Waals surface area contributed by atoms with Gasteiger partial charge in [0, 0.05) is 0 Å². The number of unbranched alkanes of at least 4 members (excludes halogenated alkanes) is 3. The van der Waals surface area contributed by atoms with Crippen LogP contribution in [0.15, 0.2) is 0 Å². The van der Waals surface area contributed by atoms with Crippen LogP contribution in [-0.4, -0.2) is 0 Å². The lowest BCUT2D eigenvalue weighted by Gasteiger charge is -2.07. The maximum atomic E-state index is 2.42. The number of hydrogen-bond donors (Lipinski definition) is 0. The van der Waals surface area contributed by atoms with Crippen molar-refractivity contribution in [3.63, 3.8) is 0 Å². The molecule has 0 saturated heterocycles. The maximum absolute atomic E-state index is 2.42. The van der Waals surface area contributed by atoms with Crippen LogP contribution in [0, 0.1) is 23.7 Å². The summed E-state index contributed by atoms with van der Waals surface area (Å²) >= 11 is 0. The van der Waals surface area contributed by atoms with Gasteiger partial charge in [-0.3, -0.25) is 0 Å². The molecule has 0 N–H and O–H groups in total. The molecule has 3 atom stereocenters. The van der Waals surface area contributed by atoms with Crippen molar-refractivity contribution in [2.75, 3.05) is 0 Å². The summed E-state index contributed by atoms with van der Waals surface area (Å²) in [6.07, 6.45) is 13.3. The van der Waals surface area contributed by atoms with Crippen LogP contribution in [-0.2, 0) is 0 Å². The molecule has 0 heterocycles. The summed E-state index contributed by atoms with van der Waals surface area (Å²) in [5.74, 6) is 4.10. The number of hydrogen-bond acceptors (Lipinski definition) is 0. The van der Waals surface area contributed by atoms with E-state index in [-0.39, 0.29) is 0 Å². The van der Waals surface area contributed by atoms with Crippen molar-refractivity contribution in [1.82, 2.24) is 0 Å². The van der Waals surface area contributed by atoms with Crippen molar-refractivity contribution in [1.29, 1.82) is 0 Å². The number of rotatable bonds is 10. The van der Waals surface area contributed by atoms with Crippen LogP contribution in [0.4, 0.5) is 0 Å². The summed E-state index contributed by atoms with van der Waals surface area (Å²) in [6, 6.07) is 0. The van der Waals surface area contributed by atoms with Crippen LogP contribution in [0.3, 0.4) is 0 Å². The molecule has 0 radical (unpaired) electrons. The van der Waals surface area contributed by atoms with Crippen molar-refractivity contribution in [2.24, 2.45) is 23.7 Å². The molecule has 102 valence electrons. The Labute approximate surface area is 110 Å². The highest BCUT2D eigenvalue weighted by molar-refractivity contribution is 4.86. The zero-order chi connectivity index (χ0) is 12.7. The summed E-state index contributed by atoms with van der Waals surface area (Å²) < 4.78 is 0. The Morgan fingerprint density at radius 1 is 0.941 bits per heavy atom. The standard InChI is InChI=1S/C17H34/c1-5-15(4)12-17-13-16(17)11-9-7-6-8-10-14(2)3/h14-17H,5-13H2,1-4H3. The lowest BCUT2D eigenvalue weighted by atomic mass is 9.99. The Bertz CT molecular complexity index is 182. The molecule has 0 aromatic heterocycles. The van der Waals surface area contributed by atoms with Gasteiger partial charge in [-0.25, -0.2) is 0 Å². The topological polar surface area (TPSA) is 0 Å².